The molecule has 0 aliphatic carbocycles. The number of hydrogen-bond donors (Lipinski definition) is 1. The minimum absolute atomic E-state index is 0. The Balaban J connectivity index is 0.00000675. The van der Waals surface area contributed by atoms with Crippen LogP contribution in [0.4, 0.5) is 0 Å². The van der Waals surface area contributed by atoms with Crippen molar-refractivity contribution in [3.05, 3.63) is 81.2 Å². The first-order valence-corrected chi connectivity index (χ1v) is 16.2. The first-order chi connectivity index (χ1) is 20.7. The summed E-state index contributed by atoms with van der Waals surface area (Å²) in [6, 6.07) is 12.7. The molecule has 0 fully saturated rings. The maximum atomic E-state index is 12.6. The van der Waals surface area contributed by atoms with Crippen LogP contribution in [-0.2, 0) is 17.6 Å². The van der Waals surface area contributed by atoms with Gasteiger partial charge in [0.25, 0.3) is 0 Å². The summed E-state index contributed by atoms with van der Waals surface area (Å²) in [4.78, 5) is 35.8. The number of fused-ring (bicyclic) bond motifs is 1. The number of carbonyl (C=O) groups is 2. The van der Waals surface area contributed by atoms with Crippen LogP contribution < -0.4 is 74.8 Å². The second kappa shape index (κ2) is 23.8. The molecule has 0 amide bonds. The smallest absolute Gasteiger partial charge is 0.550 e. The van der Waals surface area contributed by atoms with E-state index in [9.17, 15) is 29.7 Å². The number of aliphatic hydroxyl groups is 1. The summed E-state index contributed by atoms with van der Waals surface area (Å²) in [5.41, 5.74) is 2.70. The zero-order valence-corrected chi connectivity index (χ0v) is 32.5. The molecule has 0 spiro atoms. The van der Waals surface area contributed by atoms with E-state index < -0.39 is 34.5 Å². The fraction of sp³-hybridized carbons (Fsp3) is 0.457. The molecule has 11 heteroatoms. The Kier molecular flexibility index (Phi) is 23.1. The predicted molar refractivity (Wildman–Crippen MR) is 171 cm³/mol. The summed E-state index contributed by atoms with van der Waals surface area (Å²) < 4.78 is 5.63. The third kappa shape index (κ3) is 14.4. The third-order valence-corrected chi connectivity index (χ3v) is 8.84. The first kappa shape index (κ1) is 44.6. The second-order valence-corrected chi connectivity index (χ2v) is 12.2. The van der Waals surface area contributed by atoms with Gasteiger partial charge in [0.1, 0.15) is 11.6 Å². The molecule has 1 aromatic heterocycles. The summed E-state index contributed by atoms with van der Waals surface area (Å²) in [7, 11) is 0. The van der Waals surface area contributed by atoms with Crippen molar-refractivity contribution in [2.24, 2.45) is 0 Å². The van der Waals surface area contributed by atoms with Gasteiger partial charge in [-0.2, -0.15) is 0 Å². The largest absolute Gasteiger partial charge is 1.00 e. The molecule has 0 unspecified atom stereocenters. The number of benzene rings is 2. The van der Waals surface area contributed by atoms with E-state index in [1.165, 1.54) is 55.9 Å². The molecule has 0 saturated carbocycles. The van der Waals surface area contributed by atoms with E-state index in [1.54, 1.807) is 12.1 Å². The molecule has 1 heterocycles. The normalized spacial score (nSPS) is 12.2. The zero-order chi connectivity index (χ0) is 31.2. The number of carbonyl (C=O) groups excluding carboxylic acids is 2. The van der Waals surface area contributed by atoms with Gasteiger partial charge in [-0.3, -0.25) is 4.79 Å². The average molecular weight is 671 g/mol. The summed E-state index contributed by atoms with van der Waals surface area (Å²) >= 11 is 1.37. The number of thioether (sulfide) groups is 1. The number of carboxylic acids is 2. The summed E-state index contributed by atoms with van der Waals surface area (Å²) in [5, 5.41) is 33.4. The topological polar surface area (TPSA) is 162 Å². The van der Waals surface area contributed by atoms with Crippen molar-refractivity contribution in [1.82, 2.24) is 0 Å². The van der Waals surface area contributed by atoms with E-state index >= 15 is 0 Å². The van der Waals surface area contributed by atoms with E-state index in [-0.39, 0.29) is 94.8 Å². The summed E-state index contributed by atoms with van der Waals surface area (Å²) in [5.74, 6) is -3.26. The molecule has 8 nitrogen and oxygen atoms in total. The number of unbranched alkanes of at least 4 members (excludes halogenated alkanes) is 5. The van der Waals surface area contributed by atoms with Crippen molar-refractivity contribution in [2.75, 3.05) is 0 Å². The molecule has 0 bridgehead atoms. The molecular weight excluding hydrogens is 626 g/mol. The Morgan fingerprint density at radius 2 is 1.59 bits per heavy atom. The molecule has 3 rings (SSSR count). The number of aryl methyl sites for hydroxylation is 2. The van der Waals surface area contributed by atoms with Crippen molar-refractivity contribution < 1.29 is 93.9 Å². The summed E-state index contributed by atoms with van der Waals surface area (Å²) in [6.45, 7) is 4.19. The van der Waals surface area contributed by atoms with Crippen LogP contribution in [0.5, 0.6) is 0 Å². The van der Waals surface area contributed by atoms with Crippen molar-refractivity contribution >= 4 is 40.7 Å². The van der Waals surface area contributed by atoms with Gasteiger partial charge in [0.15, 0.2) is 11.2 Å². The number of hydrogen-bond acceptors (Lipinski definition) is 8. The van der Waals surface area contributed by atoms with E-state index in [0.717, 1.165) is 22.9 Å². The van der Waals surface area contributed by atoms with Crippen molar-refractivity contribution in [3.8, 4) is 0 Å². The molecular formula is C35H44Na2O8S. The van der Waals surface area contributed by atoms with Gasteiger partial charge in [0.2, 0.25) is 0 Å². The van der Waals surface area contributed by atoms with E-state index in [4.69, 9.17) is 4.42 Å². The Bertz CT molecular complexity index is 1440. The van der Waals surface area contributed by atoms with Crippen LogP contribution >= 0.6 is 11.8 Å². The Hall–Kier alpha value is -1.40. The maximum Gasteiger partial charge on any atom is 1.00 e. The van der Waals surface area contributed by atoms with Crippen LogP contribution in [0.3, 0.4) is 0 Å². The molecule has 2 aromatic carbocycles. The van der Waals surface area contributed by atoms with Gasteiger partial charge in [-0.1, -0.05) is 88.8 Å². The van der Waals surface area contributed by atoms with Crippen LogP contribution in [0.1, 0.15) is 105 Å². The molecule has 0 aliphatic rings. The zero-order valence-electron chi connectivity index (χ0n) is 27.6. The molecule has 46 heavy (non-hydrogen) atoms. The summed E-state index contributed by atoms with van der Waals surface area (Å²) in [6.07, 6.45) is 13.2. The van der Waals surface area contributed by atoms with Gasteiger partial charge in [-0.15, -0.1) is 11.8 Å². The van der Waals surface area contributed by atoms with Gasteiger partial charge in [-0.25, -0.2) is 0 Å². The van der Waals surface area contributed by atoms with Gasteiger partial charge >= 0.3 is 59.1 Å². The molecule has 2 atom stereocenters. The first-order valence-electron chi connectivity index (χ1n) is 15.4. The minimum atomic E-state index is -1.57. The quantitative estimate of drug-likeness (QED) is 0.0931. The van der Waals surface area contributed by atoms with E-state index in [1.807, 2.05) is 19.1 Å². The predicted octanol–water partition coefficient (Wildman–Crippen LogP) is -1.35. The van der Waals surface area contributed by atoms with Gasteiger partial charge in [0.05, 0.1) is 16.7 Å². The molecule has 3 aromatic rings. The average Bonchev–Trinajstić information content (AvgIpc) is 2.98. The SMILES string of the molecule is CCCCCCCCc1ccc(/C=C/[C@@H](Sc2ccc3c(=O)cc(C(=O)[O-])oc3c2CCC)[C@@H](O)CCCC(=O)[O-])cc1.O.[Na+].[Na+]. The minimum Gasteiger partial charge on any atom is -0.550 e. The second-order valence-electron chi connectivity index (χ2n) is 11.0. The number of carboxylic acid groups (broad SMARTS) is 2. The van der Waals surface area contributed by atoms with Crippen LogP contribution in [0.2, 0.25) is 0 Å². The van der Waals surface area contributed by atoms with Crippen molar-refractivity contribution in [3.63, 3.8) is 0 Å². The fourth-order valence-corrected chi connectivity index (χ4v) is 6.30. The molecule has 240 valence electrons. The van der Waals surface area contributed by atoms with E-state index in [2.05, 4.69) is 31.2 Å². The number of aliphatic hydroxyl groups excluding tert-OH is 1. The van der Waals surface area contributed by atoms with Crippen LogP contribution in [0.15, 0.2) is 62.6 Å². The standard InChI is InChI=1S/C35H44O7S.2Na.H2O/c1-3-5-6-7-8-9-12-24-15-17-25(18-16-24)19-21-32(28(36)13-10-14-33(38)39)43-31-22-20-26-29(37)23-30(35(40)41)42-34(26)27(31)11-4-2;;;/h15-23,28,32,36H,3-14H2,1-2H3,(H,38,39)(H,40,41);;;1H2/q;2*+1;/p-2/b21-19+;;;/t28-,32+;;;/m0.../s1. The Labute approximate surface area is 320 Å². The number of rotatable bonds is 19. The fourth-order valence-electron chi connectivity index (χ4n) is 5.08. The molecule has 0 aliphatic heterocycles. The number of aliphatic carboxylic acids is 1. The monoisotopic (exact) mass is 670 g/mol. The van der Waals surface area contributed by atoms with Gasteiger partial charge in [-0.05, 0) is 61.8 Å². The number of aromatic carboxylic acids is 1. The maximum absolute atomic E-state index is 12.6. The molecule has 0 radical (unpaired) electrons. The third-order valence-electron chi connectivity index (χ3n) is 7.46. The van der Waals surface area contributed by atoms with Crippen molar-refractivity contribution in [1.29, 1.82) is 0 Å². The van der Waals surface area contributed by atoms with Crippen molar-refractivity contribution in [2.45, 2.75) is 107 Å². The Morgan fingerprint density at radius 3 is 2.22 bits per heavy atom. The van der Waals surface area contributed by atoms with Gasteiger partial charge < -0.3 is 34.8 Å². The Morgan fingerprint density at radius 1 is 0.913 bits per heavy atom. The molecule has 0 saturated heterocycles. The van der Waals surface area contributed by atoms with Crippen LogP contribution in [-0.4, -0.2) is 33.9 Å². The van der Waals surface area contributed by atoms with Crippen LogP contribution in [0, 0.1) is 0 Å². The molecule has 3 N–H and O–H groups in total. The van der Waals surface area contributed by atoms with Crippen LogP contribution in [0.25, 0.3) is 17.0 Å². The van der Waals surface area contributed by atoms with E-state index in [0.29, 0.717) is 18.4 Å². The van der Waals surface area contributed by atoms with Gasteiger partial charge in [0, 0.05) is 22.5 Å².